The topological polar surface area (TPSA) is 101 Å². The first kappa shape index (κ1) is 17.6. The van der Waals surface area contributed by atoms with Crippen LogP contribution in [0.15, 0.2) is 36.5 Å². The van der Waals surface area contributed by atoms with Gasteiger partial charge in [0.2, 0.25) is 0 Å². The minimum Gasteiger partial charge on any atom is -0.478 e. The first-order valence-corrected chi connectivity index (χ1v) is 5.68. The van der Waals surface area contributed by atoms with Crippen LogP contribution in [0.25, 0.3) is 0 Å². The Labute approximate surface area is 117 Å². The quantitative estimate of drug-likeness (QED) is 0.491. The Morgan fingerprint density at radius 3 is 1.65 bits per heavy atom. The summed E-state index contributed by atoms with van der Waals surface area (Å²) in [7, 11) is 0. The number of ether oxygens (including phenoxy) is 1. The van der Waals surface area contributed by atoms with Crippen LogP contribution in [0.2, 0.25) is 0 Å². The van der Waals surface area contributed by atoms with Gasteiger partial charge in [-0.3, -0.25) is 0 Å². The molecule has 6 heteroatoms. The van der Waals surface area contributed by atoms with Crippen LogP contribution >= 0.6 is 0 Å². The third-order valence-electron chi connectivity index (χ3n) is 2.58. The number of hydrogen-bond donors (Lipinski definition) is 2. The average molecular weight is 281 g/mol. The number of rotatable bonds is 9. The van der Waals surface area contributed by atoms with Crippen molar-refractivity contribution < 1.29 is 29.3 Å². The summed E-state index contributed by atoms with van der Waals surface area (Å²) < 4.78 is 4.66. The molecule has 0 aliphatic carbocycles. The second kappa shape index (κ2) is 7.93. The first-order valence-electron chi connectivity index (χ1n) is 5.68. The molecule has 0 aliphatic heterocycles. The van der Waals surface area contributed by atoms with Gasteiger partial charge in [0, 0.05) is 16.7 Å². The van der Waals surface area contributed by atoms with Gasteiger partial charge in [-0.1, -0.05) is 19.7 Å². The summed E-state index contributed by atoms with van der Waals surface area (Å²) >= 11 is 0. The molecule has 109 valence electrons. The second-order valence-corrected chi connectivity index (χ2v) is 4.08. The lowest BCUT2D eigenvalue weighted by molar-refractivity contribution is -0.139. The van der Waals surface area contributed by atoms with Gasteiger partial charge in [-0.05, 0) is 25.7 Å². The maximum absolute atomic E-state index is 11.6. The summed E-state index contributed by atoms with van der Waals surface area (Å²) in [5.74, 6) is -3.95. The van der Waals surface area contributed by atoms with E-state index in [-0.39, 0.29) is 36.2 Å². The van der Waals surface area contributed by atoms with E-state index in [1.807, 2.05) is 0 Å². The average Bonchev–Trinajstić information content (AvgIpc) is 2.36. The van der Waals surface area contributed by atoms with Crippen molar-refractivity contribution in [3.63, 3.8) is 0 Å². The van der Waals surface area contributed by atoms with E-state index in [4.69, 9.17) is 10.2 Å². The van der Waals surface area contributed by atoms with Crippen LogP contribution in [0, 0.1) is 12.8 Å². The molecule has 0 amide bonds. The molecule has 0 aliphatic rings. The highest BCUT2D eigenvalue weighted by atomic mass is 16.5. The van der Waals surface area contributed by atoms with Crippen LogP contribution in [0.3, 0.4) is 0 Å². The number of esters is 1. The molecule has 0 saturated carbocycles. The Morgan fingerprint density at radius 1 is 0.950 bits per heavy atom. The summed E-state index contributed by atoms with van der Waals surface area (Å²) in [6, 6.07) is 0. The number of hydrogen-bond acceptors (Lipinski definition) is 4. The molecule has 0 fully saturated rings. The van der Waals surface area contributed by atoms with Crippen molar-refractivity contribution in [1.82, 2.24) is 0 Å². The molecule has 6 nitrogen and oxygen atoms in total. The van der Waals surface area contributed by atoms with Gasteiger partial charge in [0.05, 0.1) is 6.61 Å². The zero-order valence-corrected chi connectivity index (χ0v) is 11.1. The van der Waals surface area contributed by atoms with Gasteiger partial charge in [0.1, 0.15) is 0 Å². The van der Waals surface area contributed by atoms with Crippen molar-refractivity contribution in [2.45, 2.75) is 12.8 Å². The summed E-state index contributed by atoms with van der Waals surface area (Å²) in [6.07, 6.45) is -0.237. The largest absolute Gasteiger partial charge is 0.478 e. The van der Waals surface area contributed by atoms with Crippen molar-refractivity contribution in [3.05, 3.63) is 43.4 Å². The maximum Gasteiger partial charge on any atom is 0.333 e. The highest BCUT2D eigenvalue weighted by Crippen LogP contribution is 2.26. The van der Waals surface area contributed by atoms with E-state index in [9.17, 15) is 14.4 Å². The Balaban J connectivity index is 5.05. The van der Waals surface area contributed by atoms with Crippen LogP contribution in [-0.2, 0) is 19.1 Å². The van der Waals surface area contributed by atoms with E-state index in [0.717, 1.165) is 0 Å². The maximum atomic E-state index is 11.6. The molecule has 0 atom stereocenters. The molecule has 0 rings (SSSR count). The Bertz CT molecular complexity index is 432. The molecule has 0 aromatic heterocycles. The van der Waals surface area contributed by atoms with E-state index < -0.39 is 23.8 Å². The zero-order valence-electron chi connectivity index (χ0n) is 11.1. The number of carbonyl (C=O) groups is 3. The van der Waals surface area contributed by atoms with Crippen LogP contribution in [0.1, 0.15) is 12.8 Å². The predicted molar refractivity (Wildman–Crippen MR) is 71.7 cm³/mol. The highest BCUT2D eigenvalue weighted by Gasteiger charge is 2.25. The lowest BCUT2D eigenvalue weighted by Gasteiger charge is -2.18. The third kappa shape index (κ3) is 5.51. The number of carbonyl (C=O) groups excluding carboxylic acids is 1. The molecule has 0 spiro atoms. The molecule has 20 heavy (non-hydrogen) atoms. The van der Waals surface area contributed by atoms with Gasteiger partial charge in [-0.25, -0.2) is 14.4 Å². The molecule has 0 unspecified atom stereocenters. The van der Waals surface area contributed by atoms with Gasteiger partial charge in [-0.2, -0.15) is 0 Å². The fraction of sp³-hybridized carbons (Fsp3) is 0.286. The van der Waals surface area contributed by atoms with Crippen LogP contribution in [0.5, 0.6) is 0 Å². The summed E-state index contributed by atoms with van der Waals surface area (Å²) in [4.78, 5) is 33.1. The van der Waals surface area contributed by atoms with E-state index >= 15 is 0 Å². The van der Waals surface area contributed by atoms with Crippen molar-refractivity contribution in [2.75, 3.05) is 6.61 Å². The molecule has 0 bridgehead atoms. The molecule has 2 N–H and O–H groups in total. The number of carboxylic acid groups (broad SMARTS) is 2. The van der Waals surface area contributed by atoms with E-state index in [1.54, 1.807) is 0 Å². The van der Waals surface area contributed by atoms with Crippen LogP contribution in [-0.4, -0.2) is 34.7 Å². The monoisotopic (exact) mass is 281 g/mol. The lowest BCUT2D eigenvalue weighted by atomic mass is 9.87. The third-order valence-corrected chi connectivity index (χ3v) is 2.58. The zero-order chi connectivity index (χ0) is 15.9. The standard InChI is InChI=1S/C14H17O6/c1-5-20-14(19)10(4)11(6-8(2)12(15)16)7-9(3)13(17)18/h11H,1-7H2,(H,15,16)(H,17,18). The molecule has 0 aromatic carbocycles. The van der Waals surface area contributed by atoms with Gasteiger partial charge in [0.25, 0.3) is 0 Å². The van der Waals surface area contributed by atoms with Gasteiger partial charge in [-0.15, -0.1) is 0 Å². The highest BCUT2D eigenvalue weighted by molar-refractivity contribution is 5.91. The predicted octanol–water partition coefficient (Wildman–Crippen LogP) is 1.60. The summed E-state index contributed by atoms with van der Waals surface area (Å²) in [5.41, 5.74) is -0.341. The van der Waals surface area contributed by atoms with Gasteiger partial charge < -0.3 is 14.9 Å². The van der Waals surface area contributed by atoms with Crippen molar-refractivity contribution in [2.24, 2.45) is 5.92 Å². The van der Waals surface area contributed by atoms with Crippen molar-refractivity contribution >= 4 is 17.9 Å². The van der Waals surface area contributed by atoms with Gasteiger partial charge >= 0.3 is 17.9 Å². The van der Waals surface area contributed by atoms with E-state index in [2.05, 4.69) is 31.4 Å². The molecule has 0 saturated heterocycles. The van der Waals surface area contributed by atoms with Crippen LogP contribution in [0.4, 0.5) is 0 Å². The Kier molecular flexibility index (Phi) is 6.99. The summed E-state index contributed by atoms with van der Waals surface area (Å²) in [6.45, 7) is 13.5. The summed E-state index contributed by atoms with van der Waals surface area (Å²) in [5, 5.41) is 17.6. The number of carboxylic acids is 2. The molecular formula is C14H17O6. The normalized spacial score (nSPS) is 9.90. The SMILES string of the molecule is [CH2]COC(=O)C(=C)C(CC(=C)C(=O)O)CC(=C)C(=O)O. The van der Waals surface area contributed by atoms with Crippen LogP contribution < -0.4 is 0 Å². The number of aliphatic carboxylic acids is 2. The molecule has 0 aromatic rings. The van der Waals surface area contributed by atoms with E-state index in [1.165, 1.54) is 0 Å². The minimum atomic E-state index is -1.23. The lowest BCUT2D eigenvalue weighted by Crippen LogP contribution is -2.19. The van der Waals surface area contributed by atoms with Crippen molar-refractivity contribution in [1.29, 1.82) is 0 Å². The fourth-order valence-electron chi connectivity index (χ4n) is 1.44. The molecule has 0 heterocycles. The van der Waals surface area contributed by atoms with Gasteiger partial charge in [0.15, 0.2) is 0 Å². The van der Waals surface area contributed by atoms with E-state index in [0.29, 0.717) is 0 Å². The molecule has 1 radical (unpaired) electrons. The smallest absolute Gasteiger partial charge is 0.333 e. The molecular weight excluding hydrogens is 264 g/mol. The second-order valence-electron chi connectivity index (χ2n) is 4.08. The Morgan fingerprint density at radius 2 is 1.35 bits per heavy atom. The minimum absolute atomic E-state index is 0.0292. The first-order chi connectivity index (χ1) is 9.20. The Hall–Kier alpha value is -2.37. The van der Waals surface area contributed by atoms with Crippen molar-refractivity contribution in [3.8, 4) is 0 Å². The fourth-order valence-corrected chi connectivity index (χ4v) is 1.44.